The molecule has 37 heavy (non-hydrogen) atoms. The molecule has 0 heterocycles. The predicted octanol–water partition coefficient (Wildman–Crippen LogP) is 12.8. The lowest BCUT2D eigenvalue weighted by atomic mass is 10.0. The van der Waals surface area contributed by atoms with Crippen LogP contribution in [0.1, 0.15) is 201 Å². The van der Waals surface area contributed by atoms with Crippen LogP contribution in [0.5, 0.6) is 0 Å². The van der Waals surface area contributed by atoms with E-state index in [1.54, 1.807) is 0 Å². The first-order chi connectivity index (χ1) is 18.3. The number of nitrogens with zero attached hydrogens (tertiary/aromatic N) is 1. The van der Waals surface area contributed by atoms with Crippen LogP contribution < -0.4 is 0 Å². The van der Waals surface area contributed by atoms with Gasteiger partial charge in [0.1, 0.15) is 0 Å². The van der Waals surface area contributed by atoms with Crippen molar-refractivity contribution in [2.24, 2.45) is 0 Å². The third-order valence-electron chi connectivity index (χ3n) is 8.26. The zero-order valence-corrected chi connectivity index (χ0v) is 26.5. The molecule has 0 aromatic rings. The van der Waals surface area contributed by atoms with Crippen molar-refractivity contribution in [1.29, 1.82) is 0 Å². The molecule has 0 amide bonds. The van der Waals surface area contributed by atoms with Gasteiger partial charge in [0.15, 0.2) is 0 Å². The van der Waals surface area contributed by atoms with Gasteiger partial charge in [-0.05, 0) is 32.9 Å². The molecule has 1 heteroatoms. The van der Waals surface area contributed by atoms with Crippen LogP contribution in [0.4, 0.5) is 0 Å². The maximum absolute atomic E-state index is 2.71. The van der Waals surface area contributed by atoms with Crippen molar-refractivity contribution in [2.45, 2.75) is 201 Å². The zero-order chi connectivity index (χ0) is 26.9. The van der Waals surface area contributed by atoms with Crippen molar-refractivity contribution in [1.82, 2.24) is 4.90 Å². The van der Waals surface area contributed by atoms with Crippen LogP contribution in [0.15, 0.2) is 12.2 Å². The molecule has 0 aliphatic heterocycles. The normalized spacial score (nSPS) is 11.9. The minimum absolute atomic E-state index is 1.16. The lowest BCUT2D eigenvalue weighted by Crippen LogP contribution is -2.26. The molecule has 0 N–H and O–H groups in total. The van der Waals surface area contributed by atoms with Gasteiger partial charge in [-0.2, -0.15) is 0 Å². The van der Waals surface area contributed by atoms with Crippen LogP contribution in [-0.4, -0.2) is 24.5 Å². The van der Waals surface area contributed by atoms with Crippen LogP contribution in [-0.2, 0) is 0 Å². The molecule has 0 bridgehead atoms. The van der Waals surface area contributed by atoms with Crippen molar-refractivity contribution in [2.75, 3.05) is 19.6 Å². The van der Waals surface area contributed by atoms with Crippen LogP contribution in [0.2, 0.25) is 0 Å². The number of hydrogen-bond donors (Lipinski definition) is 0. The second-order valence-corrected chi connectivity index (χ2v) is 12.1. The molecule has 0 unspecified atom stereocenters. The molecule has 0 radical (unpaired) electrons. The predicted molar refractivity (Wildman–Crippen MR) is 172 cm³/mol. The largest absolute Gasteiger partial charge is 0.300 e. The summed E-state index contributed by atoms with van der Waals surface area (Å²) in [6, 6.07) is 0. The molecule has 0 aliphatic rings. The Labute approximate surface area is 237 Å². The molecule has 0 fully saturated rings. The fourth-order valence-electron chi connectivity index (χ4n) is 5.61. The highest BCUT2D eigenvalue weighted by atomic mass is 15.1. The molecule has 1 nitrogen and oxygen atoms in total. The Balaban J connectivity index is 3.48. The highest BCUT2D eigenvalue weighted by Gasteiger charge is 2.03. The highest BCUT2D eigenvalue weighted by Crippen LogP contribution is 2.15. The van der Waals surface area contributed by atoms with E-state index in [1.807, 2.05) is 0 Å². The van der Waals surface area contributed by atoms with Gasteiger partial charge in [-0.25, -0.2) is 0 Å². The van der Waals surface area contributed by atoms with Gasteiger partial charge in [-0.3, -0.25) is 4.90 Å². The Morgan fingerprint density at radius 2 is 0.595 bits per heavy atom. The van der Waals surface area contributed by atoms with Crippen LogP contribution in [0, 0.1) is 0 Å². The summed E-state index contributed by atoms with van der Waals surface area (Å²) in [7, 11) is 0. The van der Waals surface area contributed by atoms with Gasteiger partial charge >= 0.3 is 0 Å². The summed E-state index contributed by atoms with van der Waals surface area (Å²) in [4.78, 5) is 2.71. The number of hydrogen-bond acceptors (Lipinski definition) is 1. The third kappa shape index (κ3) is 31.8. The van der Waals surface area contributed by atoms with Crippen molar-refractivity contribution < 1.29 is 0 Å². The van der Waals surface area contributed by atoms with Gasteiger partial charge in [0, 0.05) is 6.54 Å². The van der Waals surface area contributed by atoms with Gasteiger partial charge in [-0.1, -0.05) is 193 Å². The van der Waals surface area contributed by atoms with Crippen LogP contribution in [0.25, 0.3) is 0 Å². The molecular formula is C36H73N. The van der Waals surface area contributed by atoms with Gasteiger partial charge in [0.25, 0.3) is 0 Å². The van der Waals surface area contributed by atoms with Gasteiger partial charge in [0.2, 0.25) is 0 Å². The van der Waals surface area contributed by atoms with E-state index in [9.17, 15) is 0 Å². The summed E-state index contributed by atoms with van der Waals surface area (Å²) >= 11 is 0. The Morgan fingerprint density at radius 3 is 0.838 bits per heavy atom. The first kappa shape index (κ1) is 36.7. The van der Waals surface area contributed by atoms with E-state index < -0.39 is 0 Å². The summed E-state index contributed by atoms with van der Waals surface area (Å²) in [5, 5.41) is 0. The maximum Gasteiger partial charge on any atom is 0.0163 e. The van der Waals surface area contributed by atoms with E-state index >= 15 is 0 Å². The number of rotatable bonds is 32. The molecular weight excluding hydrogens is 446 g/mol. The lowest BCUT2D eigenvalue weighted by Gasteiger charge is -2.20. The Morgan fingerprint density at radius 1 is 0.351 bits per heavy atom. The maximum atomic E-state index is 2.71. The number of allylic oxidation sites excluding steroid dienone is 1. The first-order valence-corrected chi connectivity index (χ1v) is 17.7. The van der Waals surface area contributed by atoms with E-state index in [-0.39, 0.29) is 0 Å². The summed E-state index contributed by atoms with van der Waals surface area (Å²) in [6.07, 6.45) is 45.2. The highest BCUT2D eigenvalue weighted by molar-refractivity contribution is 4.81. The van der Waals surface area contributed by atoms with Crippen molar-refractivity contribution in [3.05, 3.63) is 12.2 Å². The Kier molecular flexibility index (Phi) is 33.5. The Bertz CT molecular complexity index is 383. The second kappa shape index (κ2) is 33.7. The minimum atomic E-state index is 1.16. The topological polar surface area (TPSA) is 3.24 Å². The molecule has 0 aromatic carbocycles. The van der Waals surface area contributed by atoms with Gasteiger partial charge < -0.3 is 0 Å². The van der Waals surface area contributed by atoms with Crippen molar-refractivity contribution in [3.63, 3.8) is 0 Å². The monoisotopic (exact) mass is 520 g/mol. The molecule has 0 atom stereocenters. The van der Waals surface area contributed by atoms with E-state index in [2.05, 4.69) is 37.8 Å². The molecule has 0 rings (SSSR count). The van der Waals surface area contributed by atoms with E-state index in [0.29, 0.717) is 0 Å². The molecule has 0 saturated carbocycles. The van der Waals surface area contributed by atoms with Crippen LogP contribution in [0.3, 0.4) is 0 Å². The molecule has 222 valence electrons. The van der Waals surface area contributed by atoms with Gasteiger partial charge in [0.05, 0.1) is 0 Å². The average Bonchev–Trinajstić information content (AvgIpc) is 2.91. The quantitative estimate of drug-likeness (QED) is 0.0630. The lowest BCUT2D eigenvalue weighted by molar-refractivity contribution is 0.285. The van der Waals surface area contributed by atoms with Crippen molar-refractivity contribution in [3.8, 4) is 0 Å². The summed E-state index contributed by atoms with van der Waals surface area (Å²) in [5.74, 6) is 0. The molecule has 0 aromatic heterocycles. The Hall–Kier alpha value is -0.300. The van der Waals surface area contributed by atoms with Gasteiger partial charge in [-0.15, -0.1) is 0 Å². The molecule has 0 aliphatic carbocycles. The van der Waals surface area contributed by atoms with Crippen LogP contribution >= 0.6 is 0 Å². The summed E-state index contributed by atoms with van der Waals surface area (Å²) < 4.78 is 0. The second-order valence-electron chi connectivity index (χ2n) is 12.1. The fourth-order valence-corrected chi connectivity index (χ4v) is 5.61. The summed E-state index contributed by atoms with van der Waals surface area (Å²) in [5.41, 5.74) is 0. The summed E-state index contributed by atoms with van der Waals surface area (Å²) in [6.45, 7) is 10.6. The fraction of sp³-hybridized carbons (Fsp3) is 0.944. The standard InChI is InChI=1S/C36H73N/c1-4-7-10-12-14-16-18-20-22-24-26-28-30-32-35-37(34-9-6-3)36-33-31-29-27-25-23-21-19-17-15-13-11-8-5-2/h6,9H,4-5,7-8,10-36H2,1-3H3. The average molecular weight is 520 g/mol. The van der Waals surface area contributed by atoms with E-state index in [1.165, 1.54) is 193 Å². The van der Waals surface area contributed by atoms with E-state index in [4.69, 9.17) is 0 Å². The van der Waals surface area contributed by atoms with E-state index in [0.717, 1.165) is 6.54 Å². The zero-order valence-electron chi connectivity index (χ0n) is 26.5. The SMILES string of the molecule is CC=CCN(CCCCCCCCCCCCCCCC)CCCCCCCCCCCCCCCC. The van der Waals surface area contributed by atoms with Crippen molar-refractivity contribution >= 4 is 0 Å². The molecule has 0 spiro atoms. The number of unbranched alkanes of at least 4 members (excludes halogenated alkanes) is 26. The first-order valence-electron chi connectivity index (χ1n) is 17.7. The smallest absolute Gasteiger partial charge is 0.0163 e. The molecule has 0 saturated heterocycles. The minimum Gasteiger partial charge on any atom is -0.300 e. The third-order valence-corrected chi connectivity index (χ3v) is 8.26.